The van der Waals surface area contributed by atoms with Gasteiger partial charge in [-0.2, -0.15) is 5.10 Å². The maximum atomic E-state index is 13.5. The van der Waals surface area contributed by atoms with Crippen molar-refractivity contribution in [1.82, 2.24) is 14.8 Å². The molecule has 0 amide bonds. The number of rotatable bonds is 4. The Morgan fingerprint density at radius 3 is 2.45 bits per heavy atom. The summed E-state index contributed by atoms with van der Waals surface area (Å²) in [5.41, 5.74) is 3.26. The summed E-state index contributed by atoms with van der Waals surface area (Å²) in [7, 11) is -2.27. The highest BCUT2D eigenvalue weighted by atomic mass is 32.2. The highest BCUT2D eigenvalue weighted by Gasteiger charge is 2.34. The van der Waals surface area contributed by atoms with Crippen molar-refractivity contribution < 1.29 is 18.3 Å². The molecule has 4 aromatic rings. The summed E-state index contributed by atoms with van der Waals surface area (Å²) in [6.45, 7) is 2.03. The van der Waals surface area contributed by atoms with Crippen LogP contribution in [0.5, 0.6) is 11.6 Å². The van der Waals surface area contributed by atoms with E-state index in [1.807, 2.05) is 6.92 Å². The van der Waals surface area contributed by atoms with Gasteiger partial charge in [-0.05, 0) is 61.9 Å². The van der Waals surface area contributed by atoms with Crippen LogP contribution in [0.1, 0.15) is 11.1 Å². The highest BCUT2D eigenvalue weighted by Crippen LogP contribution is 2.40. The average molecular weight is 463 g/mol. The molecule has 0 bridgehead atoms. The largest absolute Gasteiger partial charge is 0.497 e. The second-order valence-corrected chi connectivity index (χ2v) is 9.64. The van der Waals surface area contributed by atoms with Crippen LogP contribution in [0, 0.1) is 6.92 Å². The van der Waals surface area contributed by atoms with E-state index in [1.165, 1.54) is 8.99 Å². The fourth-order valence-corrected chi connectivity index (χ4v) is 5.40. The molecule has 2 aromatic heterocycles. The van der Waals surface area contributed by atoms with Crippen LogP contribution in [0.2, 0.25) is 0 Å². The summed E-state index contributed by atoms with van der Waals surface area (Å²) >= 11 is 0. The molecular formula is C24H22N4O4S. The van der Waals surface area contributed by atoms with Crippen LogP contribution in [-0.4, -0.2) is 41.9 Å². The number of sulfonamides is 1. The Hall–Kier alpha value is -3.85. The van der Waals surface area contributed by atoms with Gasteiger partial charge in [-0.15, -0.1) is 0 Å². The monoisotopic (exact) mass is 462 g/mol. The van der Waals surface area contributed by atoms with Gasteiger partial charge in [-0.25, -0.2) is 22.4 Å². The molecule has 0 aliphatic carbocycles. The third-order valence-corrected chi connectivity index (χ3v) is 7.53. The Morgan fingerprint density at radius 2 is 1.76 bits per heavy atom. The van der Waals surface area contributed by atoms with Gasteiger partial charge in [0.05, 0.1) is 17.7 Å². The molecule has 9 heteroatoms. The van der Waals surface area contributed by atoms with E-state index >= 15 is 0 Å². The van der Waals surface area contributed by atoms with Gasteiger partial charge in [0.1, 0.15) is 11.4 Å². The van der Waals surface area contributed by atoms with Crippen LogP contribution in [0.3, 0.4) is 0 Å². The molecule has 0 saturated heterocycles. The van der Waals surface area contributed by atoms with Crippen LogP contribution >= 0.6 is 0 Å². The van der Waals surface area contributed by atoms with Crippen molar-refractivity contribution in [3.05, 3.63) is 78.0 Å². The van der Waals surface area contributed by atoms with E-state index < -0.39 is 10.0 Å². The lowest BCUT2D eigenvalue weighted by atomic mass is 10.1. The minimum absolute atomic E-state index is 0.0282. The summed E-state index contributed by atoms with van der Waals surface area (Å²) in [6.07, 6.45) is 1.83. The molecule has 33 heavy (non-hydrogen) atoms. The minimum Gasteiger partial charge on any atom is -0.497 e. The number of aromatic hydroxyl groups is 1. The molecule has 1 N–H and O–H groups in total. The summed E-state index contributed by atoms with van der Waals surface area (Å²) in [4.78, 5) is 4.59. The van der Waals surface area contributed by atoms with Crippen molar-refractivity contribution in [2.75, 3.05) is 18.0 Å². The number of hydrogen-bond acceptors (Lipinski definition) is 6. The maximum Gasteiger partial charge on any atom is 0.265 e. The van der Waals surface area contributed by atoms with E-state index in [0.29, 0.717) is 28.3 Å². The number of fused-ring (bicyclic) bond motifs is 3. The molecule has 0 atom stereocenters. The van der Waals surface area contributed by atoms with Gasteiger partial charge in [-0.3, -0.25) is 0 Å². The second-order valence-electron chi connectivity index (χ2n) is 7.78. The molecule has 3 heterocycles. The van der Waals surface area contributed by atoms with Crippen LogP contribution < -0.4 is 9.04 Å². The quantitative estimate of drug-likeness (QED) is 0.497. The number of anilines is 1. The van der Waals surface area contributed by atoms with E-state index in [9.17, 15) is 13.5 Å². The standard InChI is InChI=1S/C24H22N4O4S/c1-16-5-11-19(12-6-16)33(30,31)27-15-13-21-22(20-4-3-14-25-23(20)27)26-28(24(21)29)17-7-9-18(32-2)10-8-17/h3-12,14,29H,13,15H2,1-2H3. The first-order valence-electron chi connectivity index (χ1n) is 10.4. The molecule has 0 unspecified atom stereocenters. The maximum absolute atomic E-state index is 13.5. The smallest absolute Gasteiger partial charge is 0.265 e. The molecule has 1 aliphatic heterocycles. The van der Waals surface area contributed by atoms with Crippen molar-refractivity contribution in [2.45, 2.75) is 18.2 Å². The summed E-state index contributed by atoms with van der Waals surface area (Å²) in [5, 5.41) is 15.7. The van der Waals surface area contributed by atoms with Crippen molar-refractivity contribution >= 4 is 15.8 Å². The molecule has 5 rings (SSSR count). The number of methoxy groups -OCH3 is 1. The number of benzene rings is 2. The van der Waals surface area contributed by atoms with Crippen LogP contribution in [0.15, 0.2) is 71.8 Å². The lowest BCUT2D eigenvalue weighted by molar-refractivity contribution is 0.414. The predicted octanol–water partition coefficient (Wildman–Crippen LogP) is 3.71. The zero-order valence-corrected chi connectivity index (χ0v) is 19.0. The van der Waals surface area contributed by atoms with Crippen molar-refractivity contribution in [1.29, 1.82) is 0 Å². The van der Waals surface area contributed by atoms with Gasteiger partial charge in [-0.1, -0.05) is 17.7 Å². The molecule has 0 spiro atoms. The zero-order valence-electron chi connectivity index (χ0n) is 18.1. The third kappa shape index (κ3) is 3.50. The second kappa shape index (κ2) is 7.93. The van der Waals surface area contributed by atoms with Gasteiger partial charge in [0.2, 0.25) is 5.88 Å². The summed E-state index contributed by atoms with van der Waals surface area (Å²) < 4.78 is 35.0. The Balaban J connectivity index is 1.63. The van der Waals surface area contributed by atoms with E-state index in [4.69, 9.17) is 4.74 Å². The molecule has 0 fully saturated rings. The normalized spacial score (nSPS) is 13.2. The van der Waals surface area contributed by atoms with E-state index in [-0.39, 0.29) is 29.6 Å². The van der Waals surface area contributed by atoms with Crippen LogP contribution in [0.4, 0.5) is 5.82 Å². The first kappa shape index (κ1) is 21.0. The molecule has 168 valence electrons. The van der Waals surface area contributed by atoms with Crippen LogP contribution in [0.25, 0.3) is 16.9 Å². The highest BCUT2D eigenvalue weighted by molar-refractivity contribution is 7.92. The molecule has 8 nitrogen and oxygen atoms in total. The first-order chi connectivity index (χ1) is 15.9. The Morgan fingerprint density at radius 1 is 1.03 bits per heavy atom. The predicted molar refractivity (Wildman–Crippen MR) is 124 cm³/mol. The topological polar surface area (TPSA) is 97.5 Å². The zero-order chi connectivity index (χ0) is 23.2. The summed E-state index contributed by atoms with van der Waals surface area (Å²) in [5.74, 6) is 0.953. The lowest BCUT2D eigenvalue weighted by Crippen LogP contribution is -2.33. The molecule has 0 saturated carbocycles. The van der Waals surface area contributed by atoms with E-state index in [1.54, 1.807) is 74.0 Å². The van der Waals surface area contributed by atoms with Gasteiger partial charge in [0.25, 0.3) is 10.0 Å². The molecule has 0 radical (unpaired) electrons. The van der Waals surface area contributed by atoms with E-state index in [0.717, 1.165) is 5.56 Å². The van der Waals surface area contributed by atoms with Gasteiger partial charge in [0.15, 0.2) is 5.82 Å². The number of pyridine rings is 1. The molecular weight excluding hydrogens is 440 g/mol. The van der Waals surface area contributed by atoms with Crippen molar-refractivity contribution in [3.8, 4) is 28.6 Å². The average Bonchev–Trinajstić information content (AvgIpc) is 3.05. The number of aromatic nitrogens is 3. The number of hydrogen-bond donors (Lipinski definition) is 1. The molecule has 2 aromatic carbocycles. The number of ether oxygens (including phenoxy) is 1. The van der Waals surface area contributed by atoms with Crippen LogP contribution in [-0.2, 0) is 16.4 Å². The van der Waals surface area contributed by atoms with Crippen molar-refractivity contribution in [3.63, 3.8) is 0 Å². The summed E-state index contributed by atoms with van der Waals surface area (Å²) in [6, 6.07) is 17.4. The number of nitrogens with zero attached hydrogens (tertiary/aromatic N) is 4. The van der Waals surface area contributed by atoms with Gasteiger partial charge >= 0.3 is 0 Å². The van der Waals surface area contributed by atoms with Gasteiger partial charge in [0, 0.05) is 23.9 Å². The van der Waals surface area contributed by atoms with Crippen molar-refractivity contribution in [2.24, 2.45) is 0 Å². The Kier molecular flexibility index (Phi) is 5.05. The number of aryl methyl sites for hydroxylation is 1. The lowest BCUT2D eigenvalue weighted by Gasteiger charge is -2.23. The Bertz CT molecular complexity index is 1430. The first-order valence-corrected chi connectivity index (χ1v) is 11.8. The third-order valence-electron chi connectivity index (χ3n) is 5.73. The van der Waals surface area contributed by atoms with Gasteiger partial charge < -0.3 is 9.84 Å². The SMILES string of the molecule is COc1ccc(-n2nc3c(c2O)CCN(S(=O)(=O)c2ccc(C)cc2)c2ncccc2-3)cc1. The fraction of sp³-hybridized carbons (Fsp3) is 0.167. The fourth-order valence-electron chi connectivity index (χ4n) is 3.96. The minimum atomic E-state index is -3.85. The molecule has 1 aliphatic rings. The Labute approximate surface area is 191 Å². The van der Waals surface area contributed by atoms with E-state index in [2.05, 4.69) is 10.1 Å².